The van der Waals surface area contributed by atoms with E-state index < -0.39 is 0 Å². The maximum atomic E-state index is 5.65. The van der Waals surface area contributed by atoms with E-state index in [4.69, 9.17) is 4.74 Å². The third kappa shape index (κ3) is 5.74. The van der Waals surface area contributed by atoms with Crippen molar-refractivity contribution in [2.75, 3.05) is 26.2 Å². The van der Waals surface area contributed by atoms with Crippen LogP contribution in [0, 0.1) is 0 Å². The molecule has 2 nitrogen and oxygen atoms in total. The predicted octanol–water partition coefficient (Wildman–Crippen LogP) is 0.446. The zero-order valence-corrected chi connectivity index (χ0v) is 11.0. The average Bonchev–Trinajstić information content (AvgIpc) is 2.12. The lowest BCUT2D eigenvalue weighted by Crippen LogP contribution is -2.28. The first-order valence-corrected chi connectivity index (χ1v) is 6.23. The number of nitrogens with zero attached hydrogens (tertiary/aromatic N) is 1. The number of hydrogen-bond donors (Lipinski definition) is 0. The van der Waals surface area contributed by atoms with Gasteiger partial charge in [-0.2, -0.15) is 0 Å². The summed E-state index contributed by atoms with van der Waals surface area (Å²) in [6, 6.07) is 0. The minimum atomic E-state index is 0.556. The van der Waals surface area contributed by atoms with Crippen LogP contribution in [0.3, 0.4) is 0 Å². The summed E-state index contributed by atoms with van der Waals surface area (Å²) in [7, 11) is 1.16. The van der Waals surface area contributed by atoms with Crippen molar-refractivity contribution in [3.63, 3.8) is 0 Å². The van der Waals surface area contributed by atoms with Crippen molar-refractivity contribution in [2.24, 2.45) is 0 Å². The van der Waals surface area contributed by atoms with Gasteiger partial charge in [0.1, 0.15) is 0 Å². The molecule has 0 aromatic carbocycles. The van der Waals surface area contributed by atoms with Crippen LogP contribution in [0.1, 0.15) is 27.2 Å². The molecule has 0 saturated heterocycles. The summed E-state index contributed by atoms with van der Waals surface area (Å²) in [4.78, 5) is 2.39. The van der Waals surface area contributed by atoms with E-state index in [1.807, 2.05) is 0 Å². The Kier molecular flexibility index (Phi) is 7.86. The van der Waals surface area contributed by atoms with Gasteiger partial charge in [0.25, 0.3) is 0 Å². The zero-order chi connectivity index (χ0) is 9.40. The number of likely N-dealkylation sites (N-methyl/N-ethyl adjacent to an activating group) is 1. The van der Waals surface area contributed by atoms with Crippen LogP contribution in [0.15, 0.2) is 0 Å². The highest BCUT2D eigenvalue weighted by molar-refractivity contribution is 6.10. The fourth-order valence-electron chi connectivity index (χ4n) is 1.04. The van der Waals surface area contributed by atoms with Crippen molar-refractivity contribution in [3.8, 4) is 0 Å². The summed E-state index contributed by atoms with van der Waals surface area (Å²) in [5.74, 6) is 0. The van der Waals surface area contributed by atoms with Gasteiger partial charge in [-0.1, -0.05) is 20.8 Å². The Labute approximate surface area is 79.7 Å². The summed E-state index contributed by atoms with van der Waals surface area (Å²) in [5.41, 5.74) is 0.556. The first kappa shape index (κ1) is 12.1. The third-order valence-corrected chi connectivity index (χ3v) is 3.43. The van der Waals surface area contributed by atoms with Crippen LogP contribution in [-0.4, -0.2) is 47.1 Å². The number of hydrogen-bond acceptors (Lipinski definition) is 2. The highest BCUT2D eigenvalue weighted by atomic mass is 28.1. The Bertz CT molecular complexity index is 96.5. The van der Waals surface area contributed by atoms with E-state index in [9.17, 15) is 0 Å². The molecule has 0 saturated carbocycles. The Morgan fingerprint density at radius 3 is 2.25 bits per heavy atom. The summed E-state index contributed by atoms with van der Waals surface area (Å²) in [5, 5.41) is 0. The molecule has 0 aliphatic heterocycles. The normalized spacial score (nSPS) is 14.0. The van der Waals surface area contributed by atoms with Gasteiger partial charge in [0.05, 0.1) is 6.61 Å². The predicted molar refractivity (Wildman–Crippen MR) is 57.8 cm³/mol. The maximum absolute atomic E-state index is 5.65. The van der Waals surface area contributed by atoms with Crippen molar-refractivity contribution >= 4 is 10.2 Å². The van der Waals surface area contributed by atoms with Crippen LogP contribution >= 0.6 is 0 Å². The van der Waals surface area contributed by atoms with Gasteiger partial charge in [0.2, 0.25) is 0 Å². The first-order chi connectivity index (χ1) is 5.74. The molecule has 0 aliphatic carbocycles. The molecule has 0 fully saturated rings. The van der Waals surface area contributed by atoms with Crippen LogP contribution in [0.25, 0.3) is 0 Å². The fourth-order valence-corrected chi connectivity index (χ4v) is 1.28. The molecule has 0 bridgehead atoms. The van der Waals surface area contributed by atoms with Gasteiger partial charge in [0.15, 0.2) is 0 Å². The highest BCUT2D eigenvalue weighted by Gasteiger charge is 2.00. The van der Waals surface area contributed by atoms with Crippen molar-refractivity contribution in [3.05, 3.63) is 0 Å². The molecule has 0 N–H and O–H groups in total. The largest absolute Gasteiger partial charge is 0.381 e. The SMILES string of the molecule is CCC([SiH3])OCCN(CC)CC. The second-order valence-corrected chi connectivity index (χ2v) is 4.40. The molecule has 0 heterocycles. The van der Waals surface area contributed by atoms with Crippen molar-refractivity contribution < 1.29 is 4.74 Å². The third-order valence-electron chi connectivity index (χ3n) is 2.28. The summed E-state index contributed by atoms with van der Waals surface area (Å²) < 4.78 is 5.65. The molecule has 0 spiro atoms. The number of ether oxygens (including phenoxy) is 1. The zero-order valence-electron chi connectivity index (χ0n) is 8.97. The molecule has 0 aliphatic rings. The van der Waals surface area contributed by atoms with E-state index in [2.05, 4.69) is 25.7 Å². The van der Waals surface area contributed by atoms with Crippen molar-refractivity contribution in [1.29, 1.82) is 0 Å². The Balaban J connectivity index is 3.28. The van der Waals surface area contributed by atoms with Gasteiger partial charge in [-0.3, -0.25) is 0 Å². The Hall–Kier alpha value is 0.137. The van der Waals surface area contributed by atoms with E-state index in [1.165, 1.54) is 6.42 Å². The van der Waals surface area contributed by atoms with Gasteiger partial charge in [0, 0.05) is 22.5 Å². The molecule has 1 unspecified atom stereocenters. The second-order valence-electron chi connectivity index (χ2n) is 3.12. The van der Waals surface area contributed by atoms with Crippen LogP contribution in [0.4, 0.5) is 0 Å². The van der Waals surface area contributed by atoms with Crippen molar-refractivity contribution in [1.82, 2.24) is 4.90 Å². The molecule has 0 aromatic rings. The van der Waals surface area contributed by atoms with Crippen LogP contribution in [-0.2, 0) is 4.74 Å². The van der Waals surface area contributed by atoms with E-state index in [-0.39, 0.29) is 0 Å². The van der Waals surface area contributed by atoms with E-state index >= 15 is 0 Å². The topological polar surface area (TPSA) is 12.5 Å². The molecule has 3 heteroatoms. The molecular formula is C9H23NOSi. The lowest BCUT2D eigenvalue weighted by molar-refractivity contribution is 0.0829. The van der Waals surface area contributed by atoms with Gasteiger partial charge in [-0.25, -0.2) is 0 Å². The molecule has 12 heavy (non-hydrogen) atoms. The highest BCUT2D eigenvalue weighted by Crippen LogP contribution is 1.93. The first-order valence-electron chi connectivity index (χ1n) is 5.08. The van der Waals surface area contributed by atoms with E-state index in [1.54, 1.807) is 0 Å². The average molecular weight is 189 g/mol. The summed E-state index contributed by atoms with van der Waals surface area (Å²) in [6.45, 7) is 10.9. The summed E-state index contributed by atoms with van der Waals surface area (Å²) >= 11 is 0. The quantitative estimate of drug-likeness (QED) is 0.539. The molecule has 0 radical (unpaired) electrons. The van der Waals surface area contributed by atoms with Gasteiger partial charge >= 0.3 is 0 Å². The van der Waals surface area contributed by atoms with Crippen LogP contribution in [0.5, 0.6) is 0 Å². The monoisotopic (exact) mass is 189 g/mol. The molecule has 74 valence electrons. The minimum Gasteiger partial charge on any atom is -0.381 e. The lowest BCUT2D eigenvalue weighted by Gasteiger charge is -2.19. The minimum absolute atomic E-state index is 0.556. The summed E-state index contributed by atoms with van der Waals surface area (Å²) in [6.07, 6.45) is 1.17. The smallest absolute Gasteiger partial charge is 0.0592 e. The van der Waals surface area contributed by atoms with Gasteiger partial charge < -0.3 is 9.64 Å². The van der Waals surface area contributed by atoms with Crippen molar-refractivity contribution in [2.45, 2.75) is 32.9 Å². The molecule has 1 atom stereocenters. The van der Waals surface area contributed by atoms with Gasteiger partial charge in [-0.15, -0.1) is 0 Å². The van der Waals surface area contributed by atoms with E-state index in [0.717, 1.165) is 36.5 Å². The maximum Gasteiger partial charge on any atom is 0.0592 e. The lowest BCUT2D eigenvalue weighted by atomic mass is 10.5. The standard InChI is InChI=1S/C9H23NOSi/c1-4-9(12)11-8-7-10(5-2)6-3/h9H,4-8H2,1-3,12H3. The second kappa shape index (κ2) is 7.77. The Morgan fingerprint density at radius 2 is 1.83 bits per heavy atom. The molecule has 0 amide bonds. The Morgan fingerprint density at radius 1 is 1.25 bits per heavy atom. The van der Waals surface area contributed by atoms with Gasteiger partial charge in [-0.05, 0) is 19.5 Å². The molecule has 0 rings (SSSR count). The van der Waals surface area contributed by atoms with Crippen LogP contribution in [0.2, 0.25) is 0 Å². The van der Waals surface area contributed by atoms with Crippen LogP contribution < -0.4 is 0 Å². The fraction of sp³-hybridized carbons (Fsp3) is 1.00. The molecular weight excluding hydrogens is 166 g/mol. The van der Waals surface area contributed by atoms with E-state index in [0.29, 0.717) is 5.73 Å². The molecule has 0 aromatic heterocycles. The number of rotatable bonds is 7.